The number of carbonyl (C=O) groups excluding carboxylic acids is 1. The standard InChI is InChI=1S/C20H23N5O2/c1-3-25-17-11-15(27-2)5-4-14(17)10-18(25)16-12-19(24-23-16)22-20(26)13-6-8-21-9-7-13/h4-11,16,19,23-24H,3,12H2,1-2H3,(H,22,26). The number of hydrogen-bond donors (Lipinski definition) is 3. The normalized spacial score (nSPS) is 19.3. The Kier molecular flexibility index (Phi) is 4.79. The smallest absolute Gasteiger partial charge is 0.252 e. The quantitative estimate of drug-likeness (QED) is 0.647. The predicted molar refractivity (Wildman–Crippen MR) is 103 cm³/mol. The van der Waals surface area contributed by atoms with Gasteiger partial charge in [-0.3, -0.25) is 9.78 Å². The van der Waals surface area contributed by atoms with Crippen molar-refractivity contribution in [2.75, 3.05) is 7.11 Å². The van der Waals surface area contributed by atoms with E-state index in [0.717, 1.165) is 24.2 Å². The van der Waals surface area contributed by atoms with Gasteiger partial charge in [0, 0.05) is 48.1 Å². The Balaban J connectivity index is 1.52. The molecular formula is C20H23N5O2. The highest BCUT2D eigenvalue weighted by molar-refractivity contribution is 5.94. The van der Waals surface area contributed by atoms with Gasteiger partial charge in [-0.05, 0) is 37.3 Å². The van der Waals surface area contributed by atoms with Crippen LogP contribution in [0.15, 0.2) is 48.8 Å². The van der Waals surface area contributed by atoms with Gasteiger partial charge in [-0.15, -0.1) is 0 Å². The summed E-state index contributed by atoms with van der Waals surface area (Å²) < 4.78 is 7.65. The Labute approximate surface area is 157 Å². The predicted octanol–water partition coefficient (Wildman–Crippen LogP) is 2.36. The molecule has 7 nitrogen and oxygen atoms in total. The molecule has 3 heterocycles. The van der Waals surface area contributed by atoms with E-state index in [1.165, 1.54) is 11.1 Å². The number of rotatable bonds is 5. The van der Waals surface area contributed by atoms with Crippen molar-refractivity contribution in [1.29, 1.82) is 0 Å². The number of aryl methyl sites for hydroxylation is 1. The summed E-state index contributed by atoms with van der Waals surface area (Å²) in [6, 6.07) is 11.8. The molecule has 2 atom stereocenters. The Bertz CT molecular complexity index is 954. The van der Waals surface area contributed by atoms with Gasteiger partial charge in [0.1, 0.15) is 5.75 Å². The van der Waals surface area contributed by atoms with Crippen LogP contribution in [-0.4, -0.2) is 28.7 Å². The SMILES string of the molecule is CCn1c(C2CC(NC(=O)c3ccncc3)NN2)cc2ccc(OC)cc21. The van der Waals surface area contributed by atoms with Crippen molar-refractivity contribution < 1.29 is 9.53 Å². The summed E-state index contributed by atoms with van der Waals surface area (Å²) in [5.41, 5.74) is 9.44. The van der Waals surface area contributed by atoms with Gasteiger partial charge in [-0.25, -0.2) is 10.9 Å². The number of nitrogens with one attached hydrogen (secondary N) is 3. The lowest BCUT2D eigenvalue weighted by Crippen LogP contribution is -2.44. The number of nitrogens with zero attached hydrogens (tertiary/aromatic N) is 2. The Morgan fingerprint density at radius 3 is 2.81 bits per heavy atom. The van der Waals surface area contributed by atoms with E-state index >= 15 is 0 Å². The molecular weight excluding hydrogens is 342 g/mol. The van der Waals surface area contributed by atoms with Crippen molar-refractivity contribution in [1.82, 2.24) is 25.7 Å². The van der Waals surface area contributed by atoms with Gasteiger partial charge in [-0.1, -0.05) is 0 Å². The first-order chi connectivity index (χ1) is 13.2. The van der Waals surface area contributed by atoms with Gasteiger partial charge in [-0.2, -0.15) is 0 Å². The van der Waals surface area contributed by atoms with Crippen LogP contribution in [0.3, 0.4) is 0 Å². The molecule has 1 aliphatic rings. The van der Waals surface area contributed by atoms with Crippen LogP contribution in [0.2, 0.25) is 0 Å². The first-order valence-corrected chi connectivity index (χ1v) is 9.08. The highest BCUT2D eigenvalue weighted by Crippen LogP contribution is 2.30. The summed E-state index contributed by atoms with van der Waals surface area (Å²) in [5.74, 6) is 0.736. The lowest BCUT2D eigenvalue weighted by molar-refractivity contribution is 0.0932. The average molecular weight is 365 g/mol. The largest absolute Gasteiger partial charge is 0.497 e. The van der Waals surface area contributed by atoms with E-state index in [1.807, 2.05) is 6.07 Å². The highest BCUT2D eigenvalue weighted by atomic mass is 16.5. The number of fused-ring (bicyclic) bond motifs is 1. The third-order valence-electron chi connectivity index (χ3n) is 4.97. The van der Waals surface area contributed by atoms with Gasteiger partial charge in [0.2, 0.25) is 0 Å². The molecule has 1 aromatic carbocycles. The summed E-state index contributed by atoms with van der Waals surface area (Å²) in [7, 11) is 1.68. The minimum Gasteiger partial charge on any atom is -0.497 e. The summed E-state index contributed by atoms with van der Waals surface area (Å²) in [4.78, 5) is 16.3. The van der Waals surface area contributed by atoms with Crippen LogP contribution in [0.25, 0.3) is 10.9 Å². The number of hydrazine groups is 1. The Morgan fingerprint density at radius 2 is 2.07 bits per heavy atom. The van der Waals surface area contributed by atoms with Gasteiger partial charge < -0.3 is 14.6 Å². The fraction of sp³-hybridized carbons (Fsp3) is 0.300. The van der Waals surface area contributed by atoms with Crippen molar-refractivity contribution in [3.63, 3.8) is 0 Å². The lowest BCUT2D eigenvalue weighted by atomic mass is 10.1. The lowest BCUT2D eigenvalue weighted by Gasteiger charge is -2.14. The molecule has 1 aliphatic heterocycles. The molecule has 1 fully saturated rings. The molecule has 1 saturated heterocycles. The number of pyridine rings is 1. The van der Waals surface area contributed by atoms with E-state index in [9.17, 15) is 4.79 Å². The molecule has 2 aromatic heterocycles. The molecule has 0 radical (unpaired) electrons. The van der Waals surface area contributed by atoms with Gasteiger partial charge in [0.15, 0.2) is 0 Å². The van der Waals surface area contributed by atoms with Crippen LogP contribution in [0.1, 0.15) is 35.4 Å². The molecule has 0 bridgehead atoms. The molecule has 1 amide bonds. The first-order valence-electron chi connectivity index (χ1n) is 9.08. The van der Waals surface area contributed by atoms with E-state index < -0.39 is 0 Å². The number of carbonyl (C=O) groups is 1. The maximum absolute atomic E-state index is 12.4. The molecule has 0 saturated carbocycles. The van der Waals surface area contributed by atoms with Crippen LogP contribution in [0.4, 0.5) is 0 Å². The number of ether oxygens (including phenoxy) is 1. The average Bonchev–Trinajstić information content (AvgIpc) is 3.31. The molecule has 27 heavy (non-hydrogen) atoms. The van der Waals surface area contributed by atoms with Crippen molar-refractivity contribution in [2.45, 2.75) is 32.1 Å². The molecule has 140 valence electrons. The highest BCUT2D eigenvalue weighted by Gasteiger charge is 2.29. The molecule has 2 unspecified atom stereocenters. The van der Waals surface area contributed by atoms with Crippen LogP contribution < -0.4 is 20.9 Å². The third kappa shape index (κ3) is 3.39. The summed E-state index contributed by atoms with van der Waals surface area (Å²) >= 11 is 0. The summed E-state index contributed by atoms with van der Waals surface area (Å²) in [6.45, 7) is 2.99. The second-order valence-corrected chi connectivity index (χ2v) is 6.58. The fourth-order valence-corrected chi connectivity index (χ4v) is 3.61. The van der Waals surface area contributed by atoms with Crippen molar-refractivity contribution in [3.8, 4) is 5.75 Å². The molecule has 3 aromatic rings. The Morgan fingerprint density at radius 1 is 1.26 bits per heavy atom. The van der Waals surface area contributed by atoms with Crippen LogP contribution in [0.5, 0.6) is 5.75 Å². The minimum atomic E-state index is -0.145. The summed E-state index contributed by atoms with van der Waals surface area (Å²) in [5, 5.41) is 4.19. The maximum atomic E-state index is 12.4. The van der Waals surface area contributed by atoms with Gasteiger partial charge >= 0.3 is 0 Å². The third-order valence-corrected chi connectivity index (χ3v) is 4.97. The summed E-state index contributed by atoms with van der Waals surface area (Å²) in [6.07, 6.45) is 3.84. The minimum absolute atomic E-state index is 0.103. The fourth-order valence-electron chi connectivity index (χ4n) is 3.61. The van der Waals surface area contributed by atoms with Crippen LogP contribution in [0, 0.1) is 0 Å². The van der Waals surface area contributed by atoms with E-state index in [1.54, 1.807) is 31.6 Å². The van der Waals surface area contributed by atoms with E-state index in [0.29, 0.717) is 5.56 Å². The van der Waals surface area contributed by atoms with Crippen LogP contribution >= 0.6 is 0 Å². The number of methoxy groups -OCH3 is 1. The Hall–Kier alpha value is -2.90. The maximum Gasteiger partial charge on any atom is 0.252 e. The van der Waals surface area contributed by atoms with Gasteiger partial charge in [0.25, 0.3) is 5.91 Å². The number of hydrogen-bond acceptors (Lipinski definition) is 5. The van der Waals surface area contributed by atoms with Gasteiger partial charge in [0.05, 0.1) is 24.8 Å². The van der Waals surface area contributed by atoms with E-state index in [2.05, 4.69) is 50.8 Å². The van der Waals surface area contributed by atoms with Crippen LogP contribution in [-0.2, 0) is 6.54 Å². The molecule has 0 spiro atoms. The zero-order valence-corrected chi connectivity index (χ0v) is 15.4. The molecule has 4 rings (SSSR count). The molecule has 7 heteroatoms. The molecule has 0 aliphatic carbocycles. The van der Waals surface area contributed by atoms with Crippen molar-refractivity contribution in [3.05, 3.63) is 60.0 Å². The molecule has 3 N–H and O–H groups in total. The zero-order chi connectivity index (χ0) is 18.8. The van der Waals surface area contributed by atoms with Crippen molar-refractivity contribution >= 4 is 16.8 Å². The van der Waals surface area contributed by atoms with E-state index in [4.69, 9.17) is 4.74 Å². The second-order valence-electron chi connectivity index (χ2n) is 6.58. The first kappa shape index (κ1) is 17.5. The number of benzene rings is 1. The zero-order valence-electron chi connectivity index (χ0n) is 15.4. The topological polar surface area (TPSA) is 80.2 Å². The van der Waals surface area contributed by atoms with E-state index in [-0.39, 0.29) is 18.1 Å². The number of aromatic nitrogens is 2. The van der Waals surface area contributed by atoms with Crippen molar-refractivity contribution in [2.24, 2.45) is 0 Å². The number of amides is 1. The monoisotopic (exact) mass is 365 g/mol. The second kappa shape index (κ2) is 7.38.